The first-order valence-electron chi connectivity index (χ1n) is 6.86. The Morgan fingerprint density at radius 1 is 1.24 bits per heavy atom. The lowest BCUT2D eigenvalue weighted by Gasteiger charge is -2.12. The van der Waals surface area contributed by atoms with Gasteiger partial charge in [-0.3, -0.25) is 4.79 Å². The van der Waals surface area contributed by atoms with Crippen LogP contribution in [0.4, 0.5) is 5.69 Å². The van der Waals surface area contributed by atoms with Gasteiger partial charge in [0.1, 0.15) is 0 Å². The second-order valence-electron chi connectivity index (χ2n) is 5.37. The molecule has 0 aliphatic carbocycles. The van der Waals surface area contributed by atoms with Gasteiger partial charge in [0, 0.05) is 15.6 Å². The number of hydrogen-bond acceptors (Lipinski definition) is 2. The summed E-state index contributed by atoms with van der Waals surface area (Å²) in [5, 5.41) is 3.56. The number of thioether (sulfide) groups is 1. The Morgan fingerprint density at radius 3 is 2.86 bits per heavy atom. The van der Waals surface area contributed by atoms with Crippen LogP contribution in [0.15, 0.2) is 41.3 Å². The van der Waals surface area contributed by atoms with Crippen LogP contribution in [0.2, 0.25) is 5.02 Å². The molecule has 0 aromatic heterocycles. The predicted octanol–water partition coefficient (Wildman–Crippen LogP) is 4.61. The second kappa shape index (κ2) is 5.74. The molecule has 1 atom stereocenters. The van der Waals surface area contributed by atoms with Crippen LogP contribution in [0.5, 0.6) is 0 Å². The third-order valence-corrected chi connectivity index (χ3v) is 5.18. The number of fused-ring (bicyclic) bond motifs is 1. The van der Waals surface area contributed by atoms with Crippen LogP contribution in [0, 0.1) is 13.8 Å². The highest BCUT2D eigenvalue weighted by Crippen LogP contribution is 2.38. The molecule has 1 aliphatic rings. The van der Waals surface area contributed by atoms with Crippen molar-refractivity contribution in [3.63, 3.8) is 0 Å². The van der Waals surface area contributed by atoms with E-state index >= 15 is 0 Å². The van der Waals surface area contributed by atoms with E-state index in [-0.39, 0.29) is 11.2 Å². The zero-order chi connectivity index (χ0) is 15.0. The van der Waals surface area contributed by atoms with Crippen molar-refractivity contribution < 1.29 is 4.79 Å². The molecule has 4 heteroatoms. The highest BCUT2D eigenvalue weighted by atomic mass is 35.5. The number of rotatable bonds is 2. The molecule has 21 heavy (non-hydrogen) atoms. The summed E-state index contributed by atoms with van der Waals surface area (Å²) in [6.07, 6.45) is 0.783. The standard InChI is InChI=1S/C17H16ClNOS/c1-10-3-5-12-8-16(21-15(12)7-10)17(20)19-14-9-13(18)6-4-11(14)2/h3-7,9,16H,8H2,1-2H3,(H,19,20). The van der Waals surface area contributed by atoms with Gasteiger partial charge >= 0.3 is 0 Å². The lowest BCUT2D eigenvalue weighted by molar-refractivity contribution is -0.115. The van der Waals surface area contributed by atoms with Crippen LogP contribution in [0.1, 0.15) is 16.7 Å². The Kier molecular flexibility index (Phi) is 3.96. The fourth-order valence-corrected chi connectivity index (χ4v) is 3.89. The van der Waals surface area contributed by atoms with E-state index in [9.17, 15) is 4.79 Å². The van der Waals surface area contributed by atoms with E-state index in [0.29, 0.717) is 5.02 Å². The highest BCUT2D eigenvalue weighted by molar-refractivity contribution is 8.01. The molecule has 1 unspecified atom stereocenters. The van der Waals surface area contributed by atoms with Crippen LogP contribution < -0.4 is 5.32 Å². The monoisotopic (exact) mass is 317 g/mol. The Labute approximate surface area is 133 Å². The number of halogens is 1. The minimum absolute atomic E-state index is 0.0409. The molecule has 2 aromatic rings. The number of carbonyl (C=O) groups excluding carboxylic acids is 1. The van der Waals surface area contributed by atoms with Gasteiger partial charge < -0.3 is 5.32 Å². The molecule has 2 aromatic carbocycles. The maximum absolute atomic E-state index is 12.5. The average molecular weight is 318 g/mol. The number of nitrogens with one attached hydrogen (secondary N) is 1. The summed E-state index contributed by atoms with van der Waals surface area (Å²) in [7, 11) is 0. The molecule has 1 aliphatic heterocycles. The second-order valence-corrected chi connectivity index (χ2v) is 7.05. The van der Waals surface area contributed by atoms with Gasteiger partial charge in [0.2, 0.25) is 5.91 Å². The minimum atomic E-state index is -0.0693. The lowest BCUT2D eigenvalue weighted by atomic mass is 10.1. The molecule has 2 nitrogen and oxygen atoms in total. The van der Waals surface area contributed by atoms with Crippen molar-refractivity contribution in [1.82, 2.24) is 0 Å². The van der Waals surface area contributed by atoms with Crippen molar-refractivity contribution >= 4 is 35.0 Å². The first kappa shape index (κ1) is 14.5. The van der Waals surface area contributed by atoms with E-state index in [2.05, 4.69) is 30.4 Å². The van der Waals surface area contributed by atoms with Gasteiger partial charge in [-0.1, -0.05) is 35.4 Å². The number of benzene rings is 2. The summed E-state index contributed by atoms with van der Waals surface area (Å²) in [5.74, 6) is 0.0409. The molecule has 1 N–H and O–H groups in total. The average Bonchev–Trinajstić information content (AvgIpc) is 2.86. The van der Waals surface area contributed by atoms with Crippen LogP contribution in [-0.2, 0) is 11.2 Å². The summed E-state index contributed by atoms with van der Waals surface area (Å²) >= 11 is 7.64. The maximum Gasteiger partial charge on any atom is 0.238 e. The van der Waals surface area contributed by atoms with Crippen molar-refractivity contribution in [3.8, 4) is 0 Å². The molecule has 0 saturated carbocycles. The van der Waals surface area contributed by atoms with Gasteiger partial charge in [0.25, 0.3) is 0 Å². The van der Waals surface area contributed by atoms with Crippen LogP contribution >= 0.6 is 23.4 Å². The molecule has 3 rings (SSSR count). The van der Waals surface area contributed by atoms with E-state index in [1.807, 2.05) is 19.1 Å². The predicted molar refractivity (Wildman–Crippen MR) is 89.3 cm³/mol. The molecule has 0 saturated heterocycles. The van der Waals surface area contributed by atoms with Gasteiger partial charge in [0.05, 0.1) is 5.25 Å². The van der Waals surface area contributed by atoms with Crippen molar-refractivity contribution in [2.75, 3.05) is 5.32 Å². The molecular formula is C17H16ClNOS. The van der Waals surface area contributed by atoms with Gasteiger partial charge in [-0.25, -0.2) is 0 Å². The molecule has 0 spiro atoms. The van der Waals surface area contributed by atoms with Crippen molar-refractivity contribution in [3.05, 3.63) is 58.1 Å². The van der Waals surface area contributed by atoms with E-state index in [0.717, 1.165) is 17.7 Å². The van der Waals surface area contributed by atoms with Crippen LogP contribution in [0.25, 0.3) is 0 Å². The Bertz CT molecular complexity index is 714. The van der Waals surface area contributed by atoms with E-state index < -0.39 is 0 Å². The van der Waals surface area contributed by atoms with E-state index in [1.165, 1.54) is 16.0 Å². The van der Waals surface area contributed by atoms with Crippen molar-refractivity contribution in [2.24, 2.45) is 0 Å². The SMILES string of the molecule is Cc1ccc2c(c1)SC(C(=O)Nc1cc(Cl)ccc1C)C2. The van der Waals surface area contributed by atoms with Gasteiger partial charge in [-0.15, -0.1) is 11.8 Å². The van der Waals surface area contributed by atoms with Crippen molar-refractivity contribution in [1.29, 1.82) is 0 Å². The Hall–Kier alpha value is -1.45. The summed E-state index contributed by atoms with van der Waals surface area (Å²) in [4.78, 5) is 13.7. The first-order chi connectivity index (χ1) is 10.0. The zero-order valence-corrected chi connectivity index (χ0v) is 13.5. The largest absolute Gasteiger partial charge is 0.325 e. The summed E-state index contributed by atoms with van der Waals surface area (Å²) < 4.78 is 0. The van der Waals surface area contributed by atoms with Gasteiger partial charge in [0.15, 0.2) is 0 Å². The van der Waals surface area contributed by atoms with Crippen LogP contribution in [0.3, 0.4) is 0 Å². The number of carbonyl (C=O) groups is 1. The van der Waals surface area contributed by atoms with Crippen LogP contribution in [-0.4, -0.2) is 11.2 Å². The number of hydrogen-bond donors (Lipinski definition) is 1. The molecular weight excluding hydrogens is 302 g/mol. The van der Waals surface area contributed by atoms with Gasteiger partial charge in [-0.05, 0) is 49.6 Å². The normalized spacial score (nSPS) is 16.6. The quantitative estimate of drug-likeness (QED) is 0.876. The van der Waals surface area contributed by atoms with E-state index in [4.69, 9.17) is 11.6 Å². The topological polar surface area (TPSA) is 29.1 Å². The first-order valence-corrected chi connectivity index (χ1v) is 8.12. The highest BCUT2D eigenvalue weighted by Gasteiger charge is 2.28. The molecule has 0 radical (unpaired) electrons. The molecule has 108 valence electrons. The summed E-state index contributed by atoms with van der Waals surface area (Å²) in [6.45, 7) is 4.04. The van der Waals surface area contributed by atoms with E-state index in [1.54, 1.807) is 17.8 Å². The molecule has 0 fully saturated rings. The molecule has 1 heterocycles. The van der Waals surface area contributed by atoms with Crippen molar-refractivity contribution in [2.45, 2.75) is 30.4 Å². The maximum atomic E-state index is 12.5. The number of amides is 1. The number of aryl methyl sites for hydroxylation is 2. The zero-order valence-electron chi connectivity index (χ0n) is 11.9. The summed E-state index contributed by atoms with van der Waals surface area (Å²) in [5.41, 5.74) is 4.30. The third-order valence-electron chi connectivity index (χ3n) is 3.65. The Morgan fingerprint density at radius 2 is 2.05 bits per heavy atom. The fraction of sp³-hybridized carbons (Fsp3) is 0.235. The summed E-state index contributed by atoms with van der Waals surface area (Å²) in [6, 6.07) is 11.9. The smallest absolute Gasteiger partial charge is 0.238 e. The Balaban J connectivity index is 1.74. The minimum Gasteiger partial charge on any atom is -0.325 e. The molecule has 1 amide bonds. The molecule has 0 bridgehead atoms. The van der Waals surface area contributed by atoms with Gasteiger partial charge in [-0.2, -0.15) is 0 Å². The number of anilines is 1. The fourth-order valence-electron chi connectivity index (χ4n) is 2.42. The third kappa shape index (κ3) is 3.09. The lowest BCUT2D eigenvalue weighted by Crippen LogP contribution is -2.25.